The molecule has 0 radical (unpaired) electrons. The lowest BCUT2D eigenvalue weighted by molar-refractivity contribution is 1.30. The quantitative estimate of drug-likeness (QED) is 0.402. The molecule has 0 aromatic carbocycles. The van der Waals surface area contributed by atoms with Gasteiger partial charge in [0.1, 0.15) is 10.8 Å². The van der Waals surface area contributed by atoms with E-state index in [0.29, 0.717) is 5.02 Å². The molecule has 0 saturated carbocycles. The molecular formula is C14H11ClN4S3. The molecule has 0 aliphatic heterocycles. The van der Waals surface area contributed by atoms with Crippen molar-refractivity contribution in [2.24, 2.45) is 5.73 Å². The molecule has 3 aromatic heterocycles. The number of nitrogens with one attached hydrogen (secondary N) is 1. The Morgan fingerprint density at radius 3 is 2.91 bits per heavy atom. The van der Waals surface area contributed by atoms with E-state index in [4.69, 9.17) is 22.7 Å². The van der Waals surface area contributed by atoms with Crippen molar-refractivity contribution in [3.05, 3.63) is 39.8 Å². The summed E-state index contributed by atoms with van der Waals surface area (Å²) in [6.07, 6.45) is 5.37. The van der Waals surface area contributed by atoms with E-state index in [2.05, 4.69) is 9.97 Å². The molecule has 3 rings (SSSR count). The summed E-state index contributed by atoms with van der Waals surface area (Å²) >= 11 is 10.9. The third kappa shape index (κ3) is 2.89. The van der Waals surface area contributed by atoms with Crippen LogP contribution in [0.2, 0.25) is 5.02 Å². The monoisotopic (exact) mass is 366 g/mol. The predicted molar refractivity (Wildman–Crippen MR) is 96.5 cm³/mol. The van der Waals surface area contributed by atoms with Crippen LogP contribution < -0.4 is 5.73 Å². The van der Waals surface area contributed by atoms with E-state index < -0.39 is 0 Å². The highest BCUT2D eigenvalue weighted by Crippen LogP contribution is 2.40. The van der Waals surface area contributed by atoms with Gasteiger partial charge in [-0.25, -0.2) is 4.98 Å². The first-order chi connectivity index (χ1) is 10.6. The van der Waals surface area contributed by atoms with E-state index >= 15 is 0 Å². The third-order valence-electron chi connectivity index (χ3n) is 2.93. The lowest BCUT2D eigenvalue weighted by atomic mass is 10.2. The molecule has 0 atom stereocenters. The molecule has 0 spiro atoms. The Labute approximate surface area is 144 Å². The van der Waals surface area contributed by atoms with E-state index in [-0.39, 0.29) is 5.84 Å². The standard InChI is InChI=1S/C14H11ClN4S3/c1-20-14-7(4-11(22-14)12(16)17)13-19-10(6-21-13)8-5-18-3-2-9(8)15/h2-6H,1H3,(H3,16,17). The topological polar surface area (TPSA) is 75.7 Å². The molecular weight excluding hydrogens is 356 g/mol. The number of thiazole rings is 1. The van der Waals surface area contributed by atoms with Crippen molar-refractivity contribution >= 4 is 51.9 Å². The average Bonchev–Trinajstić information content (AvgIpc) is 3.14. The van der Waals surface area contributed by atoms with Crippen molar-refractivity contribution in [1.29, 1.82) is 5.41 Å². The van der Waals surface area contributed by atoms with Crippen LogP contribution in [0.15, 0.2) is 34.1 Å². The lowest BCUT2D eigenvalue weighted by Gasteiger charge is -1.98. The summed E-state index contributed by atoms with van der Waals surface area (Å²) in [6.45, 7) is 0. The lowest BCUT2D eigenvalue weighted by Crippen LogP contribution is -2.08. The van der Waals surface area contributed by atoms with E-state index in [1.165, 1.54) is 11.3 Å². The molecule has 8 heteroatoms. The van der Waals surface area contributed by atoms with Gasteiger partial charge in [0.25, 0.3) is 0 Å². The number of nitrogen functional groups attached to an aromatic ring is 1. The number of thiophene rings is 1. The Kier molecular flexibility index (Phi) is 4.49. The minimum atomic E-state index is 0.0821. The zero-order valence-corrected chi connectivity index (χ0v) is 14.7. The smallest absolute Gasteiger partial charge is 0.133 e. The summed E-state index contributed by atoms with van der Waals surface area (Å²) in [4.78, 5) is 9.53. The van der Waals surface area contributed by atoms with Gasteiger partial charge in [0.15, 0.2) is 0 Å². The normalized spacial score (nSPS) is 10.8. The molecule has 0 fully saturated rings. The molecule has 0 bridgehead atoms. The van der Waals surface area contributed by atoms with Gasteiger partial charge in [0, 0.05) is 28.9 Å². The van der Waals surface area contributed by atoms with Gasteiger partial charge < -0.3 is 5.73 Å². The maximum Gasteiger partial charge on any atom is 0.133 e. The van der Waals surface area contributed by atoms with Crippen LogP contribution in [0.1, 0.15) is 4.88 Å². The van der Waals surface area contributed by atoms with Gasteiger partial charge in [-0.1, -0.05) is 11.6 Å². The second-order valence-electron chi connectivity index (χ2n) is 4.32. The summed E-state index contributed by atoms with van der Waals surface area (Å²) in [6, 6.07) is 3.67. The Bertz CT molecular complexity index is 840. The molecule has 0 amide bonds. The van der Waals surface area contributed by atoms with Crippen molar-refractivity contribution in [2.75, 3.05) is 6.26 Å². The fourth-order valence-corrected chi connectivity index (χ4v) is 4.80. The number of hydrogen-bond acceptors (Lipinski definition) is 6. The highest BCUT2D eigenvalue weighted by atomic mass is 35.5. The van der Waals surface area contributed by atoms with Crippen LogP contribution in [-0.4, -0.2) is 22.1 Å². The van der Waals surface area contributed by atoms with E-state index in [0.717, 1.165) is 30.9 Å². The van der Waals surface area contributed by atoms with Crippen molar-refractivity contribution in [3.8, 4) is 21.8 Å². The third-order valence-corrected chi connectivity index (χ3v) is 6.44. The maximum atomic E-state index is 7.59. The minimum Gasteiger partial charge on any atom is -0.383 e. The van der Waals surface area contributed by atoms with Gasteiger partial charge in [-0.2, -0.15) is 0 Å². The molecule has 0 saturated heterocycles. The molecule has 112 valence electrons. The van der Waals surface area contributed by atoms with Crippen molar-refractivity contribution in [3.63, 3.8) is 0 Å². The Balaban J connectivity index is 2.04. The molecule has 3 aromatic rings. The second-order valence-corrected chi connectivity index (χ2v) is 7.72. The van der Waals surface area contributed by atoms with Crippen LogP contribution in [0.4, 0.5) is 0 Å². The largest absolute Gasteiger partial charge is 0.383 e. The number of aromatic nitrogens is 2. The van der Waals surface area contributed by atoms with Crippen LogP contribution in [-0.2, 0) is 0 Å². The maximum absolute atomic E-state index is 7.59. The highest BCUT2D eigenvalue weighted by molar-refractivity contribution is 8.00. The van der Waals surface area contributed by atoms with Crippen molar-refractivity contribution in [2.45, 2.75) is 4.21 Å². The van der Waals surface area contributed by atoms with Gasteiger partial charge >= 0.3 is 0 Å². The van der Waals surface area contributed by atoms with Gasteiger partial charge in [-0.3, -0.25) is 10.4 Å². The Hall–Kier alpha value is -1.41. The number of hydrogen-bond donors (Lipinski definition) is 2. The van der Waals surface area contributed by atoms with E-state index in [9.17, 15) is 0 Å². The number of amidine groups is 1. The summed E-state index contributed by atoms with van der Waals surface area (Å²) in [5.74, 6) is 0.0821. The summed E-state index contributed by atoms with van der Waals surface area (Å²) in [5, 5.41) is 11.1. The van der Waals surface area contributed by atoms with Crippen LogP contribution in [0.5, 0.6) is 0 Å². The predicted octanol–water partition coefficient (Wildman–Crippen LogP) is 4.59. The van der Waals surface area contributed by atoms with Crippen molar-refractivity contribution in [1.82, 2.24) is 9.97 Å². The molecule has 0 aliphatic rings. The number of pyridine rings is 1. The van der Waals surface area contributed by atoms with Crippen LogP contribution in [0.3, 0.4) is 0 Å². The van der Waals surface area contributed by atoms with Gasteiger partial charge in [-0.15, -0.1) is 34.4 Å². The zero-order chi connectivity index (χ0) is 15.7. The average molecular weight is 367 g/mol. The molecule has 3 N–H and O–H groups in total. The van der Waals surface area contributed by atoms with Crippen LogP contribution in [0.25, 0.3) is 21.8 Å². The SMILES string of the molecule is CSc1sc(C(=N)N)cc1-c1nc(-c2cnccc2Cl)cs1. The first kappa shape index (κ1) is 15.5. The zero-order valence-electron chi connectivity index (χ0n) is 11.5. The fraction of sp³-hybridized carbons (Fsp3) is 0.0714. The number of rotatable bonds is 4. The second kappa shape index (κ2) is 6.37. The first-order valence-electron chi connectivity index (χ1n) is 6.18. The van der Waals surface area contributed by atoms with E-state index in [1.54, 1.807) is 41.6 Å². The van der Waals surface area contributed by atoms with E-state index in [1.807, 2.05) is 17.7 Å². The summed E-state index contributed by atoms with van der Waals surface area (Å²) in [5.41, 5.74) is 8.22. The molecule has 4 nitrogen and oxygen atoms in total. The van der Waals surface area contributed by atoms with Crippen LogP contribution in [0, 0.1) is 5.41 Å². The molecule has 0 unspecified atom stereocenters. The molecule has 0 aliphatic carbocycles. The van der Waals surface area contributed by atoms with Gasteiger partial charge in [-0.05, 0) is 18.4 Å². The fourth-order valence-electron chi connectivity index (χ4n) is 1.89. The number of nitrogens with zero attached hydrogens (tertiary/aromatic N) is 2. The Morgan fingerprint density at radius 1 is 1.41 bits per heavy atom. The first-order valence-corrected chi connectivity index (χ1v) is 9.48. The molecule has 22 heavy (non-hydrogen) atoms. The summed E-state index contributed by atoms with van der Waals surface area (Å²) < 4.78 is 1.10. The summed E-state index contributed by atoms with van der Waals surface area (Å²) in [7, 11) is 0. The van der Waals surface area contributed by atoms with Crippen LogP contribution >= 0.6 is 46.0 Å². The molecule has 3 heterocycles. The number of thioether (sulfide) groups is 1. The number of halogens is 1. The van der Waals surface area contributed by atoms with Gasteiger partial charge in [0.05, 0.1) is 19.8 Å². The van der Waals surface area contributed by atoms with Gasteiger partial charge in [0.2, 0.25) is 0 Å². The van der Waals surface area contributed by atoms with Crippen molar-refractivity contribution < 1.29 is 0 Å². The number of nitrogens with two attached hydrogens (primary N) is 1. The minimum absolute atomic E-state index is 0.0821. The Morgan fingerprint density at radius 2 is 2.23 bits per heavy atom. The highest BCUT2D eigenvalue weighted by Gasteiger charge is 2.16.